The third-order valence-electron chi connectivity index (χ3n) is 2.90. The molecule has 1 aromatic carbocycles. The number of nitrogens with one attached hydrogen (secondary N) is 2. The normalized spacial score (nSPS) is 16.5. The molecule has 0 bridgehead atoms. The van der Waals surface area contributed by atoms with Gasteiger partial charge in [-0.2, -0.15) is 0 Å². The fourth-order valence-electron chi connectivity index (χ4n) is 1.89. The summed E-state index contributed by atoms with van der Waals surface area (Å²) in [5, 5.41) is 6.86. The first-order chi connectivity index (χ1) is 7.07. The lowest BCUT2D eigenvalue weighted by atomic mass is 9.86. The Morgan fingerprint density at radius 3 is 2.67 bits per heavy atom. The Kier molecular flexibility index (Phi) is 2.70. The number of anilines is 1. The van der Waals surface area contributed by atoms with E-state index in [0.29, 0.717) is 0 Å². The molecule has 0 fully saturated rings. The molecule has 1 aliphatic rings. The van der Waals surface area contributed by atoms with E-state index in [2.05, 4.69) is 49.6 Å². The van der Waals surface area contributed by atoms with E-state index in [9.17, 15) is 0 Å². The maximum atomic E-state index is 3.44. The predicted molar refractivity (Wildman–Crippen MR) is 65.3 cm³/mol. The van der Waals surface area contributed by atoms with Crippen LogP contribution in [0.15, 0.2) is 18.2 Å². The largest absolute Gasteiger partial charge is 0.384 e. The average Bonchev–Trinajstić information content (AvgIpc) is 2.39. The monoisotopic (exact) mass is 204 g/mol. The van der Waals surface area contributed by atoms with Crippen molar-refractivity contribution in [2.24, 2.45) is 0 Å². The van der Waals surface area contributed by atoms with Crippen LogP contribution in [0.4, 0.5) is 5.69 Å². The lowest BCUT2D eigenvalue weighted by molar-refractivity contribution is 0.589. The Balaban J connectivity index is 2.36. The first-order valence-corrected chi connectivity index (χ1v) is 5.65. The van der Waals surface area contributed by atoms with Crippen molar-refractivity contribution in [2.75, 3.05) is 18.4 Å². The predicted octanol–water partition coefficient (Wildman–Crippen LogP) is 2.50. The summed E-state index contributed by atoms with van der Waals surface area (Å²) < 4.78 is 0. The summed E-state index contributed by atoms with van der Waals surface area (Å²) in [6, 6.07) is 6.76. The lowest BCUT2D eigenvalue weighted by Gasteiger charge is -2.21. The minimum Gasteiger partial charge on any atom is -0.384 e. The minimum atomic E-state index is 0.237. The minimum absolute atomic E-state index is 0.237. The number of fused-ring (bicyclic) bond motifs is 1. The maximum absolute atomic E-state index is 3.44. The molecule has 2 nitrogen and oxygen atoms in total. The van der Waals surface area contributed by atoms with Gasteiger partial charge < -0.3 is 10.6 Å². The molecule has 0 radical (unpaired) electrons. The van der Waals surface area contributed by atoms with E-state index in [0.717, 1.165) is 19.6 Å². The molecule has 0 saturated carbocycles. The van der Waals surface area contributed by atoms with Gasteiger partial charge in [-0.25, -0.2) is 0 Å². The second-order valence-electron chi connectivity index (χ2n) is 5.23. The third kappa shape index (κ3) is 2.32. The molecule has 0 spiro atoms. The summed E-state index contributed by atoms with van der Waals surface area (Å²) in [5.41, 5.74) is 4.32. The molecule has 82 valence electrons. The maximum Gasteiger partial charge on any atom is 0.0386 e. The highest BCUT2D eigenvalue weighted by molar-refractivity contribution is 5.54. The van der Waals surface area contributed by atoms with Crippen LogP contribution in [0, 0.1) is 0 Å². The van der Waals surface area contributed by atoms with E-state index in [-0.39, 0.29) is 5.41 Å². The van der Waals surface area contributed by atoms with Gasteiger partial charge in [0.25, 0.3) is 0 Å². The molecular formula is C13H20N2. The quantitative estimate of drug-likeness (QED) is 0.678. The summed E-state index contributed by atoms with van der Waals surface area (Å²) in [6.45, 7) is 9.80. The van der Waals surface area contributed by atoms with Gasteiger partial charge in [0.2, 0.25) is 0 Å². The third-order valence-corrected chi connectivity index (χ3v) is 2.90. The van der Waals surface area contributed by atoms with E-state index < -0.39 is 0 Å². The van der Waals surface area contributed by atoms with Gasteiger partial charge in [-0.1, -0.05) is 32.9 Å². The van der Waals surface area contributed by atoms with Crippen LogP contribution >= 0.6 is 0 Å². The average molecular weight is 204 g/mol. The highest BCUT2D eigenvalue weighted by atomic mass is 15.0. The molecule has 0 aliphatic carbocycles. The van der Waals surface area contributed by atoms with Gasteiger partial charge in [0.1, 0.15) is 0 Å². The fraction of sp³-hybridized carbons (Fsp3) is 0.538. The van der Waals surface area contributed by atoms with Crippen molar-refractivity contribution < 1.29 is 0 Å². The highest BCUT2D eigenvalue weighted by Gasteiger charge is 2.16. The lowest BCUT2D eigenvalue weighted by Crippen LogP contribution is -2.17. The SMILES string of the molecule is CC(C)(C)c1ccc2c(c1)CNCCN2. The molecule has 1 aromatic rings. The van der Waals surface area contributed by atoms with Crippen molar-refractivity contribution in [3.63, 3.8) is 0 Å². The molecule has 0 aromatic heterocycles. The second kappa shape index (κ2) is 3.86. The van der Waals surface area contributed by atoms with Crippen LogP contribution in [0.25, 0.3) is 0 Å². The van der Waals surface area contributed by atoms with Gasteiger partial charge in [-0.15, -0.1) is 0 Å². The Morgan fingerprint density at radius 2 is 1.93 bits per heavy atom. The van der Waals surface area contributed by atoms with Gasteiger partial charge >= 0.3 is 0 Å². The van der Waals surface area contributed by atoms with Crippen LogP contribution in [0.2, 0.25) is 0 Å². The molecule has 0 saturated heterocycles. The van der Waals surface area contributed by atoms with E-state index in [1.807, 2.05) is 0 Å². The molecule has 1 heterocycles. The first-order valence-electron chi connectivity index (χ1n) is 5.65. The van der Waals surface area contributed by atoms with Crippen molar-refractivity contribution >= 4 is 5.69 Å². The van der Waals surface area contributed by atoms with Crippen molar-refractivity contribution in [3.05, 3.63) is 29.3 Å². The number of rotatable bonds is 0. The molecule has 2 rings (SSSR count). The van der Waals surface area contributed by atoms with Gasteiger partial charge in [0.05, 0.1) is 0 Å². The smallest absolute Gasteiger partial charge is 0.0386 e. The molecular weight excluding hydrogens is 184 g/mol. The van der Waals surface area contributed by atoms with Crippen LogP contribution in [-0.2, 0) is 12.0 Å². The van der Waals surface area contributed by atoms with Crippen molar-refractivity contribution in [3.8, 4) is 0 Å². The molecule has 15 heavy (non-hydrogen) atoms. The van der Waals surface area contributed by atoms with Crippen LogP contribution in [-0.4, -0.2) is 13.1 Å². The summed E-state index contributed by atoms with van der Waals surface area (Å²) in [5.74, 6) is 0. The summed E-state index contributed by atoms with van der Waals surface area (Å²) in [6.07, 6.45) is 0. The van der Waals surface area contributed by atoms with E-state index in [4.69, 9.17) is 0 Å². The zero-order chi connectivity index (χ0) is 10.9. The number of benzene rings is 1. The number of hydrogen-bond donors (Lipinski definition) is 2. The van der Waals surface area contributed by atoms with Crippen LogP contribution < -0.4 is 10.6 Å². The van der Waals surface area contributed by atoms with E-state index in [1.54, 1.807) is 0 Å². The Morgan fingerprint density at radius 1 is 1.13 bits per heavy atom. The fourth-order valence-corrected chi connectivity index (χ4v) is 1.89. The summed E-state index contributed by atoms with van der Waals surface area (Å²) in [4.78, 5) is 0. The van der Waals surface area contributed by atoms with E-state index in [1.165, 1.54) is 16.8 Å². The molecule has 0 atom stereocenters. The highest BCUT2D eigenvalue weighted by Crippen LogP contribution is 2.27. The standard InChI is InChI=1S/C13H20N2/c1-13(2,3)11-4-5-12-10(8-11)9-14-6-7-15-12/h4-5,8,14-15H,6-7,9H2,1-3H3. The second-order valence-corrected chi connectivity index (χ2v) is 5.23. The van der Waals surface area contributed by atoms with Crippen molar-refractivity contribution in [1.29, 1.82) is 0 Å². The van der Waals surface area contributed by atoms with Crippen molar-refractivity contribution in [2.45, 2.75) is 32.7 Å². The van der Waals surface area contributed by atoms with Crippen LogP contribution in [0.1, 0.15) is 31.9 Å². The summed E-state index contributed by atoms with van der Waals surface area (Å²) in [7, 11) is 0. The number of hydrogen-bond acceptors (Lipinski definition) is 2. The van der Waals surface area contributed by atoms with Crippen LogP contribution in [0.3, 0.4) is 0 Å². The van der Waals surface area contributed by atoms with Gasteiger partial charge in [-0.3, -0.25) is 0 Å². The van der Waals surface area contributed by atoms with Crippen molar-refractivity contribution in [1.82, 2.24) is 5.32 Å². The van der Waals surface area contributed by atoms with Gasteiger partial charge in [0.15, 0.2) is 0 Å². The molecule has 2 heteroatoms. The topological polar surface area (TPSA) is 24.1 Å². The summed E-state index contributed by atoms with van der Waals surface area (Å²) >= 11 is 0. The molecule has 0 unspecified atom stereocenters. The molecule has 2 N–H and O–H groups in total. The molecule has 1 aliphatic heterocycles. The van der Waals surface area contributed by atoms with Crippen LogP contribution in [0.5, 0.6) is 0 Å². The molecule has 0 amide bonds. The Bertz CT molecular complexity index is 350. The van der Waals surface area contributed by atoms with E-state index >= 15 is 0 Å². The van der Waals surface area contributed by atoms with Gasteiger partial charge in [0, 0.05) is 25.3 Å². The van der Waals surface area contributed by atoms with Gasteiger partial charge in [-0.05, 0) is 22.6 Å². The Labute approximate surface area is 92.1 Å². The zero-order valence-electron chi connectivity index (χ0n) is 9.85. The zero-order valence-corrected chi connectivity index (χ0v) is 9.85. The Hall–Kier alpha value is -1.02. The first kappa shape index (κ1) is 10.5.